The van der Waals surface area contributed by atoms with Crippen LogP contribution >= 0.6 is 11.6 Å². The van der Waals surface area contributed by atoms with E-state index < -0.39 is 7.12 Å². The number of benzene rings is 1. The molecule has 8 heteroatoms. The molecule has 0 amide bonds. The Kier molecular flexibility index (Phi) is 9.68. The van der Waals surface area contributed by atoms with E-state index in [2.05, 4.69) is 17.0 Å². The lowest BCUT2D eigenvalue weighted by atomic mass is 9.82. The summed E-state index contributed by atoms with van der Waals surface area (Å²) in [5.74, 6) is 0.514. The quantitative estimate of drug-likeness (QED) is 0.507. The molecule has 1 saturated heterocycles. The third-order valence-electron chi connectivity index (χ3n) is 4.27. The number of hydrogen-bond donors (Lipinski definition) is 3. The largest absolute Gasteiger partial charge is 0.451 e. The van der Waals surface area contributed by atoms with Gasteiger partial charge in [-0.2, -0.15) is 9.59 Å². The fraction of sp³-hybridized carbons (Fsp3) is 0.562. The molecule has 0 spiro atoms. The minimum absolute atomic E-state index is 0.193. The van der Waals surface area contributed by atoms with E-state index in [1.54, 1.807) is 0 Å². The number of halogens is 1. The van der Waals surface area contributed by atoms with E-state index in [1.807, 2.05) is 12.1 Å². The molecule has 2 rings (SSSR count). The second-order valence-corrected chi connectivity index (χ2v) is 6.42. The fourth-order valence-corrected chi connectivity index (χ4v) is 3.09. The average Bonchev–Trinajstić information content (AvgIpc) is 3.03. The third-order valence-corrected chi connectivity index (χ3v) is 4.52. The monoisotopic (exact) mass is 354 g/mol. The zero-order valence-electron chi connectivity index (χ0n) is 13.6. The summed E-state index contributed by atoms with van der Waals surface area (Å²) in [5.41, 5.74) is 7.49. The summed E-state index contributed by atoms with van der Waals surface area (Å²) < 4.78 is 0. The lowest BCUT2D eigenvalue weighted by Gasteiger charge is -2.22. The van der Waals surface area contributed by atoms with Gasteiger partial charge in [-0.05, 0) is 49.3 Å². The maximum absolute atomic E-state index is 8.82. The molecule has 4 N–H and O–H groups in total. The lowest BCUT2D eigenvalue weighted by molar-refractivity contribution is -0.191. The molecule has 0 unspecified atom stereocenters. The molecule has 0 radical (unpaired) electrons. The highest BCUT2D eigenvalue weighted by atomic mass is 35.5. The summed E-state index contributed by atoms with van der Waals surface area (Å²) >= 11 is 5.92. The van der Waals surface area contributed by atoms with E-state index in [-0.39, 0.29) is 12.2 Å². The van der Waals surface area contributed by atoms with Crippen LogP contribution in [0.25, 0.3) is 0 Å². The van der Waals surface area contributed by atoms with Crippen LogP contribution in [0.15, 0.2) is 24.3 Å². The van der Waals surface area contributed by atoms with Gasteiger partial charge in [-0.1, -0.05) is 24.4 Å². The summed E-state index contributed by atoms with van der Waals surface area (Å²) in [4.78, 5) is 18.6. The van der Waals surface area contributed by atoms with Gasteiger partial charge >= 0.3 is 13.3 Å². The number of nitrogens with zero attached hydrogens (tertiary/aromatic N) is 1. The second-order valence-electron chi connectivity index (χ2n) is 5.98. The number of nitrogens with two attached hydrogens (primary N) is 1. The fourth-order valence-electron chi connectivity index (χ4n) is 2.97. The van der Waals surface area contributed by atoms with Crippen molar-refractivity contribution in [1.82, 2.24) is 0 Å². The van der Waals surface area contributed by atoms with Gasteiger partial charge in [0.25, 0.3) is 0 Å². The van der Waals surface area contributed by atoms with E-state index in [9.17, 15) is 0 Å². The maximum Gasteiger partial charge on any atom is 0.451 e. The van der Waals surface area contributed by atoms with Gasteiger partial charge in [0.05, 0.1) is 0 Å². The van der Waals surface area contributed by atoms with Gasteiger partial charge in [0.1, 0.15) is 0 Å². The van der Waals surface area contributed by atoms with Crippen molar-refractivity contribution >= 4 is 30.6 Å². The Morgan fingerprint density at radius 2 is 1.92 bits per heavy atom. The Hall–Kier alpha value is -1.37. The molecule has 0 saturated carbocycles. The molecule has 1 heterocycles. The van der Waals surface area contributed by atoms with Gasteiger partial charge in [-0.25, -0.2) is 0 Å². The van der Waals surface area contributed by atoms with Gasteiger partial charge in [-0.15, -0.1) is 0 Å². The van der Waals surface area contributed by atoms with Crippen LogP contribution in [0.5, 0.6) is 0 Å². The molecule has 0 aliphatic carbocycles. The van der Waals surface area contributed by atoms with Crippen molar-refractivity contribution in [2.75, 3.05) is 18.0 Å². The van der Waals surface area contributed by atoms with E-state index >= 15 is 0 Å². The first-order valence-corrected chi connectivity index (χ1v) is 8.47. The van der Waals surface area contributed by atoms with Crippen LogP contribution < -0.4 is 10.6 Å². The Labute approximate surface area is 147 Å². The summed E-state index contributed by atoms with van der Waals surface area (Å²) in [6.07, 6.45) is 4.53. The van der Waals surface area contributed by atoms with Gasteiger partial charge in [0.15, 0.2) is 0 Å². The van der Waals surface area contributed by atoms with E-state index in [4.69, 9.17) is 37.0 Å². The van der Waals surface area contributed by atoms with Crippen molar-refractivity contribution in [3.8, 4) is 0 Å². The van der Waals surface area contributed by atoms with Crippen molar-refractivity contribution in [2.45, 2.75) is 38.0 Å². The molecule has 6 nitrogen and oxygen atoms in total. The van der Waals surface area contributed by atoms with E-state index in [1.165, 1.54) is 5.69 Å². The second kappa shape index (κ2) is 11.2. The molecule has 1 aromatic rings. The third kappa shape index (κ3) is 7.47. The Morgan fingerprint density at radius 3 is 2.50 bits per heavy atom. The molecule has 0 aromatic heterocycles. The molecule has 1 fully saturated rings. The van der Waals surface area contributed by atoms with Crippen molar-refractivity contribution in [1.29, 1.82) is 0 Å². The first-order chi connectivity index (χ1) is 11.5. The van der Waals surface area contributed by atoms with E-state index in [0.29, 0.717) is 12.2 Å². The predicted molar refractivity (Wildman–Crippen MR) is 93.6 cm³/mol. The van der Waals surface area contributed by atoms with Crippen LogP contribution in [0.2, 0.25) is 11.3 Å². The van der Waals surface area contributed by atoms with Crippen molar-refractivity contribution < 1.29 is 19.6 Å². The van der Waals surface area contributed by atoms with Crippen molar-refractivity contribution in [2.24, 2.45) is 11.7 Å². The standard InChI is InChI=1S/C15H24BClN2O2.CO2/c17-13-4-6-14(7-5-13)19-10-8-12(11-19)15(18)3-1-2-9-16(20)21;2-1-3/h4-7,12,15,20-21H,1-3,8-11,18H2;/t12-,15-;/m0./s1. The highest BCUT2D eigenvalue weighted by Gasteiger charge is 2.27. The van der Waals surface area contributed by atoms with Gasteiger partial charge in [0, 0.05) is 29.8 Å². The Morgan fingerprint density at radius 1 is 1.29 bits per heavy atom. The van der Waals surface area contributed by atoms with Crippen LogP contribution in [0.1, 0.15) is 25.7 Å². The van der Waals surface area contributed by atoms with Crippen molar-refractivity contribution in [3.05, 3.63) is 29.3 Å². The number of unbranched alkanes of at least 4 members (excludes halogenated alkanes) is 1. The molecule has 1 aliphatic rings. The summed E-state index contributed by atoms with van der Waals surface area (Å²) in [6.45, 7) is 2.03. The van der Waals surface area contributed by atoms with Crippen LogP contribution in [0.4, 0.5) is 5.69 Å². The molecule has 1 aliphatic heterocycles. The maximum atomic E-state index is 8.82. The smallest absolute Gasteiger partial charge is 0.427 e. The number of hydrogen-bond acceptors (Lipinski definition) is 6. The summed E-state index contributed by atoms with van der Waals surface area (Å²) in [5, 5.41) is 18.4. The first-order valence-electron chi connectivity index (χ1n) is 8.09. The molecule has 0 bridgehead atoms. The zero-order valence-corrected chi connectivity index (χ0v) is 14.4. The minimum atomic E-state index is -1.19. The van der Waals surface area contributed by atoms with Crippen LogP contribution in [-0.2, 0) is 9.59 Å². The van der Waals surface area contributed by atoms with Crippen LogP contribution in [-0.4, -0.2) is 42.4 Å². The van der Waals surface area contributed by atoms with Gasteiger partial charge < -0.3 is 20.7 Å². The topological polar surface area (TPSA) is 104 Å². The zero-order chi connectivity index (χ0) is 17.9. The molecule has 132 valence electrons. The van der Waals surface area contributed by atoms with E-state index in [0.717, 1.165) is 43.8 Å². The average molecular weight is 355 g/mol. The van der Waals surface area contributed by atoms with Crippen molar-refractivity contribution in [3.63, 3.8) is 0 Å². The number of anilines is 1. The number of carbonyl (C=O) groups excluding carboxylic acids is 2. The minimum Gasteiger partial charge on any atom is -0.427 e. The van der Waals surface area contributed by atoms with Crippen LogP contribution in [0, 0.1) is 5.92 Å². The Balaban J connectivity index is 0.000000891. The molecule has 24 heavy (non-hydrogen) atoms. The highest BCUT2D eigenvalue weighted by molar-refractivity contribution is 6.40. The van der Waals surface area contributed by atoms with Crippen LogP contribution in [0.3, 0.4) is 0 Å². The lowest BCUT2D eigenvalue weighted by Crippen LogP contribution is -2.32. The summed E-state index contributed by atoms with van der Waals surface area (Å²) in [7, 11) is -1.19. The molecular weight excluding hydrogens is 330 g/mol. The molecular formula is C16H24BClN2O4. The summed E-state index contributed by atoms with van der Waals surface area (Å²) in [6, 6.07) is 8.14. The normalized spacial score (nSPS) is 17.7. The molecule has 2 atom stereocenters. The Bertz CT molecular complexity index is 509. The first kappa shape index (κ1) is 20.7. The highest BCUT2D eigenvalue weighted by Crippen LogP contribution is 2.27. The molecule has 1 aromatic carbocycles. The van der Waals surface area contributed by atoms with Gasteiger partial charge in [-0.3, -0.25) is 0 Å². The SMILES string of the molecule is N[C@@H](CCCCB(O)O)[C@H]1CCN(c2ccc(Cl)cc2)C1.O=C=O. The predicted octanol–water partition coefficient (Wildman–Crippen LogP) is 1.55. The van der Waals surface area contributed by atoms with Gasteiger partial charge in [0.2, 0.25) is 0 Å². The number of rotatable bonds is 7.